The molecule has 0 amide bonds. The highest BCUT2D eigenvalue weighted by Crippen LogP contribution is 2.37. The van der Waals surface area contributed by atoms with Crippen molar-refractivity contribution in [3.05, 3.63) is 35.1 Å². The molecule has 0 aliphatic carbocycles. The SMILES string of the molecule is CC(C)(C)CCC(O)c1ccc(F)cc1C(F)(F)F. The van der Waals surface area contributed by atoms with Gasteiger partial charge in [0, 0.05) is 0 Å². The highest BCUT2D eigenvalue weighted by molar-refractivity contribution is 5.32. The third-order valence-electron chi connectivity index (χ3n) is 2.85. The number of hydrogen-bond acceptors (Lipinski definition) is 1. The molecule has 0 aliphatic heterocycles. The summed E-state index contributed by atoms with van der Waals surface area (Å²) in [6.07, 6.45) is -5.13. The first-order valence-corrected chi connectivity index (χ1v) is 6.05. The van der Waals surface area contributed by atoms with Crippen LogP contribution in [0.25, 0.3) is 0 Å². The molecule has 1 aromatic carbocycles. The first kappa shape index (κ1) is 16.0. The molecule has 0 spiro atoms. The van der Waals surface area contributed by atoms with Gasteiger partial charge in [0.15, 0.2) is 0 Å². The van der Waals surface area contributed by atoms with Gasteiger partial charge in [0.25, 0.3) is 0 Å². The van der Waals surface area contributed by atoms with Crippen molar-refractivity contribution < 1.29 is 22.7 Å². The van der Waals surface area contributed by atoms with E-state index < -0.39 is 23.7 Å². The zero-order chi connectivity index (χ0) is 14.8. The fourth-order valence-electron chi connectivity index (χ4n) is 1.79. The van der Waals surface area contributed by atoms with Crippen LogP contribution in [0.2, 0.25) is 0 Å². The lowest BCUT2D eigenvalue weighted by molar-refractivity contribution is -0.139. The standard InChI is InChI=1S/C14H18F4O/c1-13(2,3)7-6-12(19)10-5-4-9(15)8-11(10)14(16,17)18/h4-5,8,12,19H,6-7H2,1-3H3. The second-order valence-electron chi connectivity index (χ2n) is 5.84. The van der Waals surface area contributed by atoms with Crippen LogP contribution in [-0.2, 0) is 6.18 Å². The predicted molar refractivity (Wildman–Crippen MR) is 65.1 cm³/mol. The Morgan fingerprint density at radius 1 is 1.16 bits per heavy atom. The van der Waals surface area contributed by atoms with Crippen LogP contribution in [0.15, 0.2) is 18.2 Å². The van der Waals surface area contributed by atoms with E-state index >= 15 is 0 Å². The van der Waals surface area contributed by atoms with Crippen molar-refractivity contribution in [3.63, 3.8) is 0 Å². The van der Waals surface area contributed by atoms with E-state index in [4.69, 9.17) is 0 Å². The van der Waals surface area contributed by atoms with Gasteiger partial charge >= 0.3 is 6.18 Å². The van der Waals surface area contributed by atoms with Crippen molar-refractivity contribution in [1.82, 2.24) is 0 Å². The largest absolute Gasteiger partial charge is 0.416 e. The first-order chi connectivity index (χ1) is 8.50. The van der Waals surface area contributed by atoms with Gasteiger partial charge in [-0.3, -0.25) is 0 Å². The van der Waals surface area contributed by atoms with Crippen LogP contribution in [0.4, 0.5) is 17.6 Å². The predicted octanol–water partition coefficient (Wildman–Crippen LogP) is 4.70. The van der Waals surface area contributed by atoms with Gasteiger partial charge in [-0.05, 0) is 36.0 Å². The molecule has 1 rings (SSSR count). The molecule has 5 heteroatoms. The van der Waals surface area contributed by atoms with Crippen LogP contribution in [0.1, 0.15) is 50.8 Å². The quantitative estimate of drug-likeness (QED) is 0.794. The molecule has 1 aromatic rings. The number of alkyl halides is 3. The Labute approximate surface area is 110 Å². The average molecular weight is 278 g/mol. The summed E-state index contributed by atoms with van der Waals surface area (Å²) in [4.78, 5) is 0. The van der Waals surface area contributed by atoms with E-state index in [0.717, 1.165) is 12.1 Å². The van der Waals surface area contributed by atoms with Gasteiger partial charge in [-0.15, -0.1) is 0 Å². The summed E-state index contributed by atoms with van der Waals surface area (Å²) in [6.45, 7) is 5.82. The molecule has 0 aromatic heterocycles. The fraction of sp³-hybridized carbons (Fsp3) is 0.571. The lowest BCUT2D eigenvalue weighted by atomic mass is 9.87. The van der Waals surface area contributed by atoms with Crippen LogP contribution >= 0.6 is 0 Å². The van der Waals surface area contributed by atoms with Gasteiger partial charge in [-0.1, -0.05) is 26.8 Å². The number of hydrogen-bond donors (Lipinski definition) is 1. The fourth-order valence-corrected chi connectivity index (χ4v) is 1.79. The average Bonchev–Trinajstić information content (AvgIpc) is 2.23. The Morgan fingerprint density at radius 3 is 2.21 bits per heavy atom. The maximum absolute atomic E-state index is 12.9. The molecule has 1 atom stereocenters. The summed E-state index contributed by atoms with van der Waals surface area (Å²) in [5.74, 6) is -0.959. The topological polar surface area (TPSA) is 20.2 Å². The summed E-state index contributed by atoms with van der Waals surface area (Å²) in [5.41, 5.74) is -1.45. The van der Waals surface area contributed by atoms with Crippen molar-refractivity contribution in [2.75, 3.05) is 0 Å². The third-order valence-corrected chi connectivity index (χ3v) is 2.85. The van der Waals surface area contributed by atoms with E-state index in [-0.39, 0.29) is 17.4 Å². The Kier molecular flexibility index (Phi) is 4.61. The summed E-state index contributed by atoms with van der Waals surface area (Å²) in [7, 11) is 0. The smallest absolute Gasteiger partial charge is 0.388 e. The Hall–Kier alpha value is -1.10. The van der Waals surface area contributed by atoms with E-state index in [1.807, 2.05) is 20.8 Å². The van der Waals surface area contributed by atoms with Crippen LogP contribution in [-0.4, -0.2) is 5.11 Å². The molecule has 0 heterocycles. The summed E-state index contributed by atoms with van der Waals surface area (Å²) in [5, 5.41) is 9.90. The van der Waals surface area contributed by atoms with Crippen LogP contribution < -0.4 is 0 Å². The van der Waals surface area contributed by atoms with Crippen LogP contribution in [0.5, 0.6) is 0 Å². The van der Waals surface area contributed by atoms with E-state index in [1.165, 1.54) is 0 Å². The van der Waals surface area contributed by atoms with Gasteiger partial charge in [0.2, 0.25) is 0 Å². The lowest BCUT2D eigenvalue weighted by Gasteiger charge is -2.22. The minimum Gasteiger partial charge on any atom is -0.388 e. The molecule has 0 radical (unpaired) electrons. The minimum absolute atomic E-state index is 0.0839. The number of rotatable bonds is 3. The second-order valence-corrected chi connectivity index (χ2v) is 5.84. The Morgan fingerprint density at radius 2 is 1.74 bits per heavy atom. The molecule has 108 valence electrons. The molecule has 1 unspecified atom stereocenters. The Balaban J connectivity index is 3.00. The lowest BCUT2D eigenvalue weighted by Crippen LogP contribution is -2.14. The van der Waals surface area contributed by atoms with E-state index in [0.29, 0.717) is 12.5 Å². The molecule has 1 nitrogen and oxygen atoms in total. The molecule has 0 bridgehead atoms. The number of aliphatic hydroxyl groups is 1. The molecule has 0 fully saturated rings. The van der Waals surface area contributed by atoms with Gasteiger partial charge in [0.1, 0.15) is 5.82 Å². The van der Waals surface area contributed by atoms with Crippen molar-refractivity contribution in [2.45, 2.75) is 45.9 Å². The van der Waals surface area contributed by atoms with E-state index in [9.17, 15) is 22.7 Å². The van der Waals surface area contributed by atoms with E-state index in [2.05, 4.69) is 0 Å². The minimum atomic E-state index is -4.67. The van der Waals surface area contributed by atoms with Gasteiger partial charge in [-0.2, -0.15) is 13.2 Å². The highest BCUT2D eigenvalue weighted by atomic mass is 19.4. The molecule has 0 aliphatic rings. The first-order valence-electron chi connectivity index (χ1n) is 6.05. The van der Waals surface area contributed by atoms with Crippen molar-refractivity contribution in [1.29, 1.82) is 0 Å². The molecular formula is C14H18F4O. The third kappa shape index (κ3) is 4.82. The zero-order valence-electron chi connectivity index (χ0n) is 11.2. The van der Waals surface area contributed by atoms with Gasteiger partial charge in [-0.25, -0.2) is 4.39 Å². The Bertz CT molecular complexity index is 432. The van der Waals surface area contributed by atoms with Gasteiger partial charge in [0.05, 0.1) is 11.7 Å². The number of halogens is 4. The van der Waals surface area contributed by atoms with Crippen molar-refractivity contribution in [3.8, 4) is 0 Å². The molecule has 0 saturated carbocycles. The highest BCUT2D eigenvalue weighted by Gasteiger charge is 2.35. The number of benzene rings is 1. The van der Waals surface area contributed by atoms with E-state index in [1.54, 1.807) is 0 Å². The van der Waals surface area contributed by atoms with Crippen LogP contribution in [0.3, 0.4) is 0 Å². The molecule has 0 saturated heterocycles. The summed E-state index contributed by atoms with van der Waals surface area (Å²) >= 11 is 0. The molecular weight excluding hydrogens is 260 g/mol. The van der Waals surface area contributed by atoms with Crippen molar-refractivity contribution in [2.24, 2.45) is 5.41 Å². The maximum Gasteiger partial charge on any atom is 0.416 e. The monoisotopic (exact) mass is 278 g/mol. The summed E-state index contributed by atoms with van der Waals surface area (Å²) < 4.78 is 51.3. The van der Waals surface area contributed by atoms with Crippen LogP contribution in [0, 0.1) is 11.2 Å². The second kappa shape index (κ2) is 5.49. The molecule has 1 N–H and O–H groups in total. The van der Waals surface area contributed by atoms with Crippen molar-refractivity contribution >= 4 is 0 Å². The van der Waals surface area contributed by atoms with Gasteiger partial charge < -0.3 is 5.11 Å². The summed E-state index contributed by atoms with van der Waals surface area (Å²) in [6, 6.07) is 2.37. The maximum atomic E-state index is 12.9. The normalized spacial score (nSPS) is 14.5. The zero-order valence-corrected chi connectivity index (χ0v) is 11.2. The molecule has 19 heavy (non-hydrogen) atoms. The number of aliphatic hydroxyl groups excluding tert-OH is 1.